The highest BCUT2D eigenvalue weighted by Gasteiger charge is 2.43. The Morgan fingerprint density at radius 2 is 1.85 bits per heavy atom. The molecule has 0 atom stereocenters. The summed E-state index contributed by atoms with van der Waals surface area (Å²) in [4.78, 5) is 15.8. The number of carbonyl (C=O) groups excluding carboxylic acids is 1. The molecule has 1 aliphatic heterocycles. The van der Waals surface area contributed by atoms with Crippen molar-refractivity contribution in [2.45, 2.75) is 82.7 Å². The molecule has 1 aromatic rings. The fourth-order valence-electron chi connectivity index (χ4n) is 5.50. The molecule has 148 valence electrons. The molecule has 4 rings (SSSR count). The third-order valence-electron chi connectivity index (χ3n) is 7.27. The summed E-state index contributed by atoms with van der Waals surface area (Å²) in [5.41, 5.74) is 3.51. The van der Waals surface area contributed by atoms with E-state index in [4.69, 9.17) is 0 Å². The van der Waals surface area contributed by atoms with Crippen molar-refractivity contribution in [2.24, 2.45) is 0 Å². The van der Waals surface area contributed by atoms with Crippen LogP contribution in [0.15, 0.2) is 30.3 Å². The molecule has 3 heteroatoms. The van der Waals surface area contributed by atoms with E-state index in [1.54, 1.807) is 0 Å². The Bertz CT molecular complexity index is 711. The number of hydrogen-bond acceptors (Lipinski definition) is 2. The zero-order valence-electron chi connectivity index (χ0n) is 17.0. The van der Waals surface area contributed by atoms with Gasteiger partial charge in [-0.2, -0.15) is 0 Å². The van der Waals surface area contributed by atoms with E-state index in [-0.39, 0.29) is 18.8 Å². The SMILES string of the molecule is CCC(CC)NC(=O)C1=CC2(CCN(C3CCCC3)CC2)c2ccccc21.[HH]. The maximum atomic E-state index is 13.0. The van der Waals surface area contributed by atoms with Gasteiger partial charge in [0.1, 0.15) is 0 Å². The lowest BCUT2D eigenvalue weighted by atomic mass is 9.74. The van der Waals surface area contributed by atoms with Crippen molar-refractivity contribution in [3.05, 3.63) is 41.5 Å². The Balaban J connectivity index is 0.00000225. The number of amides is 1. The lowest BCUT2D eigenvalue weighted by molar-refractivity contribution is -0.116. The molecule has 27 heavy (non-hydrogen) atoms. The number of benzene rings is 1. The van der Waals surface area contributed by atoms with Crippen molar-refractivity contribution in [2.75, 3.05) is 13.1 Å². The number of piperidine rings is 1. The van der Waals surface area contributed by atoms with Crippen LogP contribution in [-0.2, 0) is 10.2 Å². The molecular weight excluding hydrogens is 332 g/mol. The number of allylic oxidation sites excluding steroid dienone is 1. The van der Waals surface area contributed by atoms with Gasteiger partial charge in [-0.1, -0.05) is 57.0 Å². The number of carbonyl (C=O) groups is 1. The number of hydrogen-bond donors (Lipinski definition) is 1. The van der Waals surface area contributed by atoms with Crippen molar-refractivity contribution in [3.63, 3.8) is 0 Å². The standard InChI is InChI=1S/C24H34N2O.H2/c1-3-18(4-2)25-23(27)21-17-24(22-12-8-7-11-20(21)22)13-15-26(16-14-24)19-9-5-6-10-19;/h7-8,11-12,17-19H,3-6,9-10,13-16H2,1-2H3,(H,25,27);1H. The topological polar surface area (TPSA) is 32.3 Å². The molecule has 0 bridgehead atoms. The summed E-state index contributed by atoms with van der Waals surface area (Å²) in [6.45, 7) is 6.62. The second-order valence-electron chi connectivity index (χ2n) is 8.72. The summed E-state index contributed by atoms with van der Waals surface area (Å²) in [6.07, 6.45) is 12.1. The summed E-state index contributed by atoms with van der Waals surface area (Å²) in [5.74, 6) is 0.117. The molecule has 3 aliphatic rings. The van der Waals surface area contributed by atoms with Gasteiger partial charge in [0.25, 0.3) is 5.91 Å². The average Bonchev–Trinajstić information content (AvgIpc) is 3.35. The molecule has 0 radical (unpaired) electrons. The lowest BCUT2D eigenvalue weighted by Crippen LogP contribution is -2.45. The van der Waals surface area contributed by atoms with Crippen LogP contribution in [0.1, 0.15) is 77.8 Å². The van der Waals surface area contributed by atoms with E-state index >= 15 is 0 Å². The van der Waals surface area contributed by atoms with Gasteiger partial charge in [-0.15, -0.1) is 0 Å². The molecule has 1 saturated carbocycles. The number of rotatable bonds is 5. The van der Waals surface area contributed by atoms with Crippen LogP contribution in [0.4, 0.5) is 0 Å². The van der Waals surface area contributed by atoms with E-state index in [1.165, 1.54) is 31.2 Å². The predicted molar refractivity (Wildman–Crippen MR) is 114 cm³/mol. The van der Waals surface area contributed by atoms with E-state index in [0.29, 0.717) is 0 Å². The molecule has 1 spiro atoms. The Kier molecular flexibility index (Phi) is 5.41. The fourth-order valence-corrected chi connectivity index (χ4v) is 5.50. The van der Waals surface area contributed by atoms with Gasteiger partial charge in [-0.3, -0.25) is 4.79 Å². The van der Waals surface area contributed by atoms with E-state index in [1.807, 2.05) is 0 Å². The van der Waals surface area contributed by atoms with Crippen molar-refractivity contribution in [1.82, 2.24) is 10.2 Å². The third kappa shape index (κ3) is 3.47. The smallest absolute Gasteiger partial charge is 0.251 e. The predicted octanol–water partition coefficient (Wildman–Crippen LogP) is 4.91. The first-order valence-corrected chi connectivity index (χ1v) is 11.0. The number of likely N-dealkylation sites (tertiary alicyclic amines) is 1. The van der Waals surface area contributed by atoms with Crippen LogP contribution in [0.2, 0.25) is 0 Å². The van der Waals surface area contributed by atoms with Crippen LogP contribution in [0.5, 0.6) is 0 Å². The maximum Gasteiger partial charge on any atom is 0.251 e. The minimum Gasteiger partial charge on any atom is -0.349 e. The first-order chi connectivity index (χ1) is 13.2. The zero-order valence-corrected chi connectivity index (χ0v) is 17.0. The van der Waals surface area contributed by atoms with Crippen LogP contribution in [-0.4, -0.2) is 36.0 Å². The summed E-state index contributed by atoms with van der Waals surface area (Å²) >= 11 is 0. The lowest BCUT2D eigenvalue weighted by Gasteiger charge is -2.41. The number of fused-ring (bicyclic) bond motifs is 2. The minimum absolute atomic E-state index is 0. The highest BCUT2D eigenvalue weighted by atomic mass is 16.1. The first-order valence-electron chi connectivity index (χ1n) is 11.0. The maximum absolute atomic E-state index is 13.0. The van der Waals surface area contributed by atoms with E-state index in [2.05, 4.69) is 54.4 Å². The van der Waals surface area contributed by atoms with Crippen molar-refractivity contribution in [3.8, 4) is 0 Å². The van der Waals surface area contributed by atoms with Crippen LogP contribution in [0, 0.1) is 0 Å². The molecule has 0 unspecified atom stereocenters. The largest absolute Gasteiger partial charge is 0.349 e. The Labute approximate surface area is 165 Å². The third-order valence-corrected chi connectivity index (χ3v) is 7.27. The molecule has 1 amide bonds. The summed E-state index contributed by atoms with van der Waals surface area (Å²) < 4.78 is 0. The summed E-state index contributed by atoms with van der Waals surface area (Å²) in [5, 5.41) is 3.26. The van der Waals surface area contributed by atoms with E-state index < -0.39 is 0 Å². The monoisotopic (exact) mass is 368 g/mol. The summed E-state index contributed by atoms with van der Waals surface area (Å²) in [6, 6.07) is 9.69. The Morgan fingerprint density at radius 1 is 1.19 bits per heavy atom. The highest BCUT2D eigenvalue weighted by Crippen LogP contribution is 2.47. The number of nitrogens with zero attached hydrogens (tertiary/aromatic N) is 1. The van der Waals surface area contributed by atoms with E-state index in [9.17, 15) is 4.79 Å². The molecule has 1 saturated heterocycles. The van der Waals surface area contributed by atoms with Gasteiger partial charge < -0.3 is 10.2 Å². The molecular formula is C24H36N2O. The number of nitrogens with one attached hydrogen (secondary N) is 1. The second kappa shape index (κ2) is 7.79. The molecule has 1 aromatic carbocycles. The Hall–Kier alpha value is -1.61. The minimum atomic E-state index is 0. The van der Waals surface area contributed by atoms with Gasteiger partial charge >= 0.3 is 0 Å². The molecule has 2 fully saturated rings. The molecule has 3 nitrogen and oxygen atoms in total. The summed E-state index contributed by atoms with van der Waals surface area (Å²) in [7, 11) is 0. The van der Waals surface area contributed by atoms with Gasteiger partial charge in [-0.25, -0.2) is 0 Å². The zero-order chi connectivity index (χ0) is 18.9. The van der Waals surface area contributed by atoms with Gasteiger partial charge in [0, 0.05) is 24.5 Å². The van der Waals surface area contributed by atoms with Crippen molar-refractivity contribution < 1.29 is 6.22 Å². The molecule has 1 heterocycles. The van der Waals surface area contributed by atoms with Crippen LogP contribution in [0.3, 0.4) is 0 Å². The molecule has 1 N–H and O–H groups in total. The van der Waals surface area contributed by atoms with Gasteiger partial charge in [0.15, 0.2) is 0 Å². The van der Waals surface area contributed by atoms with Gasteiger partial charge in [-0.05, 0) is 62.7 Å². The average molecular weight is 369 g/mol. The van der Waals surface area contributed by atoms with E-state index in [0.717, 1.165) is 56.0 Å². The van der Waals surface area contributed by atoms with Crippen molar-refractivity contribution >= 4 is 11.5 Å². The quantitative estimate of drug-likeness (QED) is 0.801. The fraction of sp³-hybridized carbons (Fsp3) is 0.625. The van der Waals surface area contributed by atoms with Crippen LogP contribution >= 0.6 is 0 Å². The van der Waals surface area contributed by atoms with Crippen LogP contribution < -0.4 is 5.32 Å². The normalized spacial score (nSPS) is 22.3. The Morgan fingerprint density at radius 3 is 2.52 bits per heavy atom. The molecule has 2 aliphatic carbocycles. The van der Waals surface area contributed by atoms with Gasteiger partial charge in [0.05, 0.1) is 0 Å². The highest BCUT2D eigenvalue weighted by molar-refractivity contribution is 6.21. The van der Waals surface area contributed by atoms with Crippen molar-refractivity contribution in [1.29, 1.82) is 0 Å². The second-order valence-corrected chi connectivity index (χ2v) is 8.72. The van der Waals surface area contributed by atoms with Gasteiger partial charge in [0.2, 0.25) is 0 Å². The van der Waals surface area contributed by atoms with Crippen LogP contribution in [0.25, 0.3) is 5.57 Å². The molecule has 0 aromatic heterocycles. The first kappa shape index (κ1) is 18.7.